The summed E-state index contributed by atoms with van der Waals surface area (Å²) in [6, 6.07) is 10.5. The summed E-state index contributed by atoms with van der Waals surface area (Å²) in [6.07, 6.45) is 2.41. The van der Waals surface area contributed by atoms with Crippen molar-refractivity contribution in [2.75, 3.05) is 13.1 Å². The highest BCUT2D eigenvalue weighted by Crippen LogP contribution is 2.63. The zero-order chi connectivity index (χ0) is 13.9. The standard InChI is InChI=1S/C16H24N2O/c1-15(2)11-16(15,13-7-4-3-5-8-13)12-18-14(19)9-6-10-17/h3-5,7-8H,6,9-12,17H2,1-2H3,(H,18,19). The molecule has 1 amide bonds. The Morgan fingerprint density at radius 2 is 1.95 bits per heavy atom. The van der Waals surface area contributed by atoms with E-state index in [1.54, 1.807) is 0 Å². The Morgan fingerprint density at radius 3 is 2.47 bits per heavy atom. The van der Waals surface area contributed by atoms with E-state index in [9.17, 15) is 4.79 Å². The van der Waals surface area contributed by atoms with Gasteiger partial charge >= 0.3 is 0 Å². The fourth-order valence-electron chi connectivity index (χ4n) is 2.96. The van der Waals surface area contributed by atoms with E-state index in [0.717, 1.165) is 19.4 Å². The van der Waals surface area contributed by atoms with Gasteiger partial charge in [-0.05, 0) is 30.4 Å². The van der Waals surface area contributed by atoms with E-state index in [1.165, 1.54) is 5.56 Å². The Bertz CT molecular complexity index is 441. The molecule has 1 aromatic rings. The fourth-order valence-corrected chi connectivity index (χ4v) is 2.96. The van der Waals surface area contributed by atoms with Crippen molar-refractivity contribution >= 4 is 5.91 Å². The number of hydrogen-bond donors (Lipinski definition) is 2. The molecule has 1 aromatic carbocycles. The van der Waals surface area contributed by atoms with Crippen molar-refractivity contribution in [2.24, 2.45) is 11.1 Å². The SMILES string of the molecule is CC1(C)CC1(CNC(=O)CCCN)c1ccccc1. The second-order valence-corrected chi connectivity index (χ2v) is 6.18. The quantitative estimate of drug-likeness (QED) is 0.824. The molecule has 0 aliphatic heterocycles. The molecule has 1 fully saturated rings. The number of nitrogens with one attached hydrogen (secondary N) is 1. The lowest BCUT2D eigenvalue weighted by Crippen LogP contribution is -2.34. The molecule has 3 nitrogen and oxygen atoms in total. The van der Waals surface area contributed by atoms with Crippen LogP contribution in [0.1, 0.15) is 38.7 Å². The maximum Gasteiger partial charge on any atom is 0.220 e. The first-order valence-electron chi connectivity index (χ1n) is 7.04. The molecule has 0 spiro atoms. The van der Waals surface area contributed by atoms with Gasteiger partial charge in [0.15, 0.2) is 0 Å². The fraction of sp³-hybridized carbons (Fsp3) is 0.562. The molecule has 0 aromatic heterocycles. The van der Waals surface area contributed by atoms with Gasteiger partial charge in [0.25, 0.3) is 0 Å². The lowest BCUT2D eigenvalue weighted by molar-refractivity contribution is -0.121. The van der Waals surface area contributed by atoms with Crippen LogP contribution in [-0.2, 0) is 10.2 Å². The van der Waals surface area contributed by atoms with E-state index in [2.05, 4.69) is 43.4 Å². The highest BCUT2D eigenvalue weighted by molar-refractivity contribution is 5.76. The second-order valence-electron chi connectivity index (χ2n) is 6.18. The van der Waals surface area contributed by atoms with Gasteiger partial charge in [0.05, 0.1) is 0 Å². The zero-order valence-corrected chi connectivity index (χ0v) is 11.9. The summed E-state index contributed by atoms with van der Waals surface area (Å²) in [4.78, 5) is 11.8. The summed E-state index contributed by atoms with van der Waals surface area (Å²) in [5.74, 6) is 0.114. The largest absolute Gasteiger partial charge is 0.355 e. The summed E-state index contributed by atoms with van der Waals surface area (Å²) in [7, 11) is 0. The van der Waals surface area contributed by atoms with Gasteiger partial charge in [0.2, 0.25) is 5.91 Å². The predicted molar refractivity (Wildman–Crippen MR) is 77.8 cm³/mol. The van der Waals surface area contributed by atoms with Crippen LogP contribution in [0.5, 0.6) is 0 Å². The van der Waals surface area contributed by atoms with Crippen LogP contribution in [0.4, 0.5) is 0 Å². The molecule has 0 bridgehead atoms. The van der Waals surface area contributed by atoms with Crippen LogP contribution in [0.2, 0.25) is 0 Å². The Labute approximate surface area is 115 Å². The van der Waals surface area contributed by atoms with Gasteiger partial charge in [-0.3, -0.25) is 4.79 Å². The average molecular weight is 260 g/mol. The Kier molecular flexibility index (Phi) is 3.95. The number of benzene rings is 1. The van der Waals surface area contributed by atoms with Crippen LogP contribution in [-0.4, -0.2) is 19.0 Å². The number of carbonyl (C=O) groups is 1. The molecule has 1 aliphatic carbocycles. The summed E-state index contributed by atoms with van der Waals surface area (Å²) >= 11 is 0. The van der Waals surface area contributed by atoms with E-state index in [0.29, 0.717) is 13.0 Å². The Hall–Kier alpha value is -1.35. The Balaban J connectivity index is 2.01. The first-order valence-corrected chi connectivity index (χ1v) is 7.04. The molecule has 1 aliphatic rings. The van der Waals surface area contributed by atoms with Crippen LogP contribution in [0, 0.1) is 5.41 Å². The minimum Gasteiger partial charge on any atom is -0.355 e. The second kappa shape index (κ2) is 5.33. The van der Waals surface area contributed by atoms with Crippen molar-refractivity contribution < 1.29 is 4.79 Å². The monoisotopic (exact) mass is 260 g/mol. The van der Waals surface area contributed by atoms with Crippen molar-refractivity contribution in [3.05, 3.63) is 35.9 Å². The van der Waals surface area contributed by atoms with E-state index < -0.39 is 0 Å². The van der Waals surface area contributed by atoms with E-state index >= 15 is 0 Å². The maximum atomic E-state index is 11.8. The highest BCUT2D eigenvalue weighted by Gasteiger charge is 2.61. The van der Waals surface area contributed by atoms with Gasteiger partial charge in [0.1, 0.15) is 0 Å². The van der Waals surface area contributed by atoms with Gasteiger partial charge in [-0.2, -0.15) is 0 Å². The average Bonchev–Trinajstić information content (AvgIpc) is 2.98. The summed E-state index contributed by atoms with van der Waals surface area (Å²) in [5.41, 5.74) is 7.12. The third-order valence-electron chi connectivity index (χ3n) is 4.44. The van der Waals surface area contributed by atoms with Crippen molar-refractivity contribution in [1.82, 2.24) is 5.32 Å². The van der Waals surface area contributed by atoms with Crippen molar-refractivity contribution in [2.45, 2.75) is 38.5 Å². The van der Waals surface area contributed by atoms with Gasteiger partial charge in [0, 0.05) is 18.4 Å². The molecule has 1 saturated carbocycles. The molecule has 104 valence electrons. The van der Waals surface area contributed by atoms with Crippen molar-refractivity contribution in [1.29, 1.82) is 0 Å². The van der Waals surface area contributed by atoms with Crippen molar-refractivity contribution in [3.8, 4) is 0 Å². The van der Waals surface area contributed by atoms with E-state index in [-0.39, 0.29) is 16.7 Å². The number of rotatable bonds is 6. The number of nitrogens with two attached hydrogens (primary N) is 1. The minimum atomic E-state index is 0.104. The zero-order valence-electron chi connectivity index (χ0n) is 11.9. The minimum absolute atomic E-state index is 0.104. The molecule has 3 heteroatoms. The molecule has 1 atom stereocenters. The molecule has 3 N–H and O–H groups in total. The highest BCUT2D eigenvalue weighted by atomic mass is 16.1. The third-order valence-corrected chi connectivity index (χ3v) is 4.44. The number of amides is 1. The van der Waals surface area contributed by atoms with Gasteiger partial charge in [-0.25, -0.2) is 0 Å². The molecule has 19 heavy (non-hydrogen) atoms. The molecule has 0 radical (unpaired) electrons. The smallest absolute Gasteiger partial charge is 0.220 e. The van der Waals surface area contributed by atoms with Crippen LogP contribution in [0.3, 0.4) is 0 Å². The lowest BCUT2D eigenvalue weighted by atomic mass is 9.88. The maximum absolute atomic E-state index is 11.8. The topological polar surface area (TPSA) is 55.1 Å². The summed E-state index contributed by atoms with van der Waals surface area (Å²) < 4.78 is 0. The lowest BCUT2D eigenvalue weighted by Gasteiger charge is -2.22. The summed E-state index contributed by atoms with van der Waals surface area (Å²) in [5, 5.41) is 3.08. The number of hydrogen-bond acceptors (Lipinski definition) is 2. The van der Waals surface area contributed by atoms with Crippen LogP contribution in [0.15, 0.2) is 30.3 Å². The first-order chi connectivity index (χ1) is 9.02. The van der Waals surface area contributed by atoms with Crippen molar-refractivity contribution in [3.63, 3.8) is 0 Å². The van der Waals surface area contributed by atoms with E-state index in [4.69, 9.17) is 5.73 Å². The van der Waals surface area contributed by atoms with Gasteiger partial charge in [-0.15, -0.1) is 0 Å². The van der Waals surface area contributed by atoms with Crippen LogP contribution >= 0.6 is 0 Å². The molecule has 0 heterocycles. The molecule has 2 rings (SSSR count). The van der Waals surface area contributed by atoms with Crippen LogP contribution < -0.4 is 11.1 Å². The predicted octanol–water partition coefficient (Wildman–Crippen LogP) is 2.21. The van der Waals surface area contributed by atoms with Crippen LogP contribution in [0.25, 0.3) is 0 Å². The van der Waals surface area contributed by atoms with Gasteiger partial charge < -0.3 is 11.1 Å². The Morgan fingerprint density at radius 1 is 1.32 bits per heavy atom. The molecule has 1 unspecified atom stereocenters. The molecule has 0 saturated heterocycles. The van der Waals surface area contributed by atoms with E-state index in [1.807, 2.05) is 6.07 Å². The summed E-state index contributed by atoms with van der Waals surface area (Å²) in [6.45, 7) is 5.84. The molecular weight excluding hydrogens is 236 g/mol. The number of carbonyl (C=O) groups excluding carboxylic acids is 1. The third kappa shape index (κ3) is 2.81. The van der Waals surface area contributed by atoms with Gasteiger partial charge in [-0.1, -0.05) is 44.2 Å². The molecular formula is C16H24N2O. The normalized spacial score (nSPS) is 23.9. The first kappa shape index (κ1) is 14.1.